The van der Waals surface area contributed by atoms with Crippen LogP contribution in [-0.4, -0.2) is 23.0 Å². The molecule has 0 aliphatic carbocycles. The number of benzene rings is 1. The summed E-state index contributed by atoms with van der Waals surface area (Å²) in [5.74, 6) is -0.231. The van der Waals surface area contributed by atoms with Crippen LogP contribution in [0.3, 0.4) is 0 Å². The summed E-state index contributed by atoms with van der Waals surface area (Å²) < 4.78 is 5.15. The minimum atomic E-state index is -1.08. The molecule has 0 aliphatic rings. The summed E-state index contributed by atoms with van der Waals surface area (Å²) in [5, 5.41) is 3.05. The van der Waals surface area contributed by atoms with Crippen molar-refractivity contribution in [2.24, 2.45) is 0 Å². The SMILES string of the molecule is CC(C)(C)OC(=O)NC(C)(C)C(=O)c1cccc(Cl)c1. The molecule has 0 fully saturated rings. The molecule has 0 bridgehead atoms. The number of nitrogens with one attached hydrogen (secondary N) is 1. The Labute approximate surface area is 124 Å². The average molecular weight is 298 g/mol. The van der Waals surface area contributed by atoms with E-state index in [1.807, 2.05) is 0 Å². The molecule has 1 aromatic rings. The highest BCUT2D eigenvalue weighted by Crippen LogP contribution is 2.18. The normalized spacial score (nSPS) is 11.9. The summed E-state index contributed by atoms with van der Waals surface area (Å²) in [6, 6.07) is 6.61. The molecule has 110 valence electrons. The van der Waals surface area contributed by atoms with E-state index >= 15 is 0 Å². The standard InChI is InChI=1S/C15H20ClNO3/c1-14(2,3)20-13(19)17-15(4,5)12(18)10-7-6-8-11(16)9-10/h6-9H,1-5H3,(H,17,19). The van der Waals surface area contributed by atoms with Gasteiger partial charge in [-0.15, -0.1) is 0 Å². The van der Waals surface area contributed by atoms with Gasteiger partial charge in [0.15, 0.2) is 5.78 Å². The van der Waals surface area contributed by atoms with Crippen molar-refractivity contribution in [3.8, 4) is 0 Å². The van der Waals surface area contributed by atoms with Crippen LogP contribution in [0.2, 0.25) is 5.02 Å². The Morgan fingerprint density at radius 2 is 1.75 bits per heavy atom. The van der Waals surface area contributed by atoms with Gasteiger partial charge in [0.2, 0.25) is 0 Å². The number of carbonyl (C=O) groups is 2. The van der Waals surface area contributed by atoms with Gasteiger partial charge in [-0.25, -0.2) is 4.79 Å². The number of halogens is 1. The van der Waals surface area contributed by atoms with Crippen LogP contribution in [0.1, 0.15) is 45.0 Å². The molecule has 0 spiro atoms. The van der Waals surface area contributed by atoms with Crippen molar-refractivity contribution in [1.82, 2.24) is 5.32 Å². The van der Waals surface area contributed by atoms with Crippen LogP contribution in [0.15, 0.2) is 24.3 Å². The third kappa shape index (κ3) is 4.85. The topological polar surface area (TPSA) is 55.4 Å². The van der Waals surface area contributed by atoms with E-state index in [0.29, 0.717) is 10.6 Å². The van der Waals surface area contributed by atoms with Crippen LogP contribution in [0.5, 0.6) is 0 Å². The quantitative estimate of drug-likeness (QED) is 0.863. The van der Waals surface area contributed by atoms with Gasteiger partial charge < -0.3 is 10.1 Å². The van der Waals surface area contributed by atoms with E-state index in [9.17, 15) is 9.59 Å². The van der Waals surface area contributed by atoms with E-state index in [1.165, 1.54) is 0 Å². The van der Waals surface area contributed by atoms with E-state index in [4.69, 9.17) is 16.3 Å². The van der Waals surface area contributed by atoms with Crippen LogP contribution < -0.4 is 5.32 Å². The van der Waals surface area contributed by atoms with Gasteiger partial charge in [-0.2, -0.15) is 0 Å². The minimum Gasteiger partial charge on any atom is -0.444 e. The lowest BCUT2D eigenvalue weighted by Gasteiger charge is -2.27. The first-order chi connectivity index (χ1) is 9.01. The molecule has 0 atom stereocenters. The molecule has 1 N–H and O–H groups in total. The fraction of sp³-hybridized carbons (Fsp3) is 0.467. The largest absolute Gasteiger partial charge is 0.444 e. The van der Waals surface area contributed by atoms with Gasteiger partial charge >= 0.3 is 6.09 Å². The minimum absolute atomic E-state index is 0.231. The summed E-state index contributed by atoms with van der Waals surface area (Å²) in [5.41, 5.74) is -1.25. The van der Waals surface area contributed by atoms with Gasteiger partial charge in [0.25, 0.3) is 0 Å². The molecule has 0 unspecified atom stereocenters. The second-order valence-electron chi connectivity index (χ2n) is 6.09. The first-order valence-corrected chi connectivity index (χ1v) is 6.70. The van der Waals surface area contributed by atoms with Crippen molar-refractivity contribution in [2.75, 3.05) is 0 Å². The fourth-order valence-electron chi connectivity index (χ4n) is 1.61. The predicted molar refractivity (Wildman–Crippen MR) is 79.2 cm³/mol. The Bertz CT molecular complexity index is 518. The van der Waals surface area contributed by atoms with E-state index in [0.717, 1.165) is 0 Å². The molecule has 20 heavy (non-hydrogen) atoms. The third-order valence-electron chi connectivity index (χ3n) is 2.47. The fourth-order valence-corrected chi connectivity index (χ4v) is 1.80. The molecule has 0 saturated carbocycles. The number of Topliss-reactive ketones (excluding diaryl/α,β-unsaturated/α-hetero) is 1. The van der Waals surface area contributed by atoms with Gasteiger partial charge in [0.05, 0.1) is 0 Å². The average Bonchev–Trinajstić information content (AvgIpc) is 2.24. The van der Waals surface area contributed by atoms with E-state index in [1.54, 1.807) is 58.9 Å². The Morgan fingerprint density at radius 1 is 1.15 bits per heavy atom. The van der Waals surface area contributed by atoms with E-state index in [-0.39, 0.29) is 5.78 Å². The molecule has 0 aliphatic heterocycles. The summed E-state index contributed by atoms with van der Waals surface area (Å²) in [6.45, 7) is 8.54. The first-order valence-electron chi connectivity index (χ1n) is 6.33. The van der Waals surface area contributed by atoms with Crippen molar-refractivity contribution in [2.45, 2.75) is 45.8 Å². The Balaban J connectivity index is 2.83. The summed E-state index contributed by atoms with van der Waals surface area (Å²) in [7, 11) is 0. The Kier molecular flexibility index (Phi) is 4.81. The van der Waals surface area contributed by atoms with Crippen LogP contribution in [-0.2, 0) is 4.74 Å². The molecule has 1 aromatic carbocycles. The zero-order chi connectivity index (χ0) is 15.6. The molecule has 1 rings (SSSR count). The maximum Gasteiger partial charge on any atom is 0.408 e. The van der Waals surface area contributed by atoms with Crippen LogP contribution in [0.25, 0.3) is 0 Å². The number of hydrogen-bond donors (Lipinski definition) is 1. The second-order valence-corrected chi connectivity index (χ2v) is 6.53. The van der Waals surface area contributed by atoms with Crippen molar-refractivity contribution < 1.29 is 14.3 Å². The number of ether oxygens (including phenoxy) is 1. The second kappa shape index (κ2) is 5.83. The number of hydrogen-bond acceptors (Lipinski definition) is 3. The zero-order valence-electron chi connectivity index (χ0n) is 12.4. The highest BCUT2D eigenvalue weighted by molar-refractivity contribution is 6.31. The first kappa shape index (κ1) is 16.5. The number of amides is 1. The van der Waals surface area contributed by atoms with Crippen molar-refractivity contribution in [1.29, 1.82) is 0 Å². The van der Waals surface area contributed by atoms with Crippen LogP contribution in [0, 0.1) is 0 Å². The zero-order valence-corrected chi connectivity index (χ0v) is 13.2. The van der Waals surface area contributed by atoms with Crippen LogP contribution in [0.4, 0.5) is 4.79 Å². The third-order valence-corrected chi connectivity index (χ3v) is 2.70. The van der Waals surface area contributed by atoms with Crippen molar-refractivity contribution >= 4 is 23.5 Å². The number of ketones is 1. The highest BCUT2D eigenvalue weighted by atomic mass is 35.5. The predicted octanol–water partition coefficient (Wildman–Crippen LogP) is 3.83. The monoisotopic (exact) mass is 297 g/mol. The van der Waals surface area contributed by atoms with Gasteiger partial charge in [-0.3, -0.25) is 4.79 Å². The summed E-state index contributed by atoms with van der Waals surface area (Å²) in [4.78, 5) is 24.2. The summed E-state index contributed by atoms with van der Waals surface area (Å²) >= 11 is 5.87. The molecule has 0 aromatic heterocycles. The van der Waals surface area contributed by atoms with Gasteiger partial charge in [-0.1, -0.05) is 23.7 Å². The molecule has 0 radical (unpaired) electrons. The maximum absolute atomic E-state index is 12.4. The molecule has 5 heteroatoms. The van der Waals surface area contributed by atoms with Gasteiger partial charge in [0, 0.05) is 10.6 Å². The Morgan fingerprint density at radius 3 is 2.25 bits per heavy atom. The number of carbonyl (C=O) groups excluding carboxylic acids is 2. The van der Waals surface area contributed by atoms with E-state index < -0.39 is 17.2 Å². The molecular formula is C15H20ClNO3. The number of rotatable bonds is 3. The molecular weight excluding hydrogens is 278 g/mol. The molecule has 0 saturated heterocycles. The maximum atomic E-state index is 12.4. The van der Waals surface area contributed by atoms with Gasteiger partial charge in [0.1, 0.15) is 11.1 Å². The van der Waals surface area contributed by atoms with E-state index in [2.05, 4.69) is 5.32 Å². The number of alkyl carbamates (subject to hydrolysis) is 1. The lowest BCUT2D eigenvalue weighted by Crippen LogP contribution is -2.51. The molecule has 0 heterocycles. The summed E-state index contributed by atoms with van der Waals surface area (Å²) in [6.07, 6.45) is -0.627. The van der Waals surface area contributed by atoms with Crippen molar-refractivity contribution in [3.05, 3.63) is 34.9 Å². The van der Waals surface area contributed by atoms with Crippen molar-refractivity contribution in [3.63, 3.8) is 0 Å². The highest BCUT2D eigenvalue weighted by Gasteiger charge is 2.32. The smallest absolute Gasteiger partial charge is 0.408 e. The molecule has 4 nitrogen and oxygen atoms in total. The van der Waals surface area contributed by atoms with Crippen LogP contribution >= 0.6 is 11.6 Å². The lowest BCUT2D eigenvalue weighted by atomic mass is 9.93. The molecule has 1 amide bonds. The lowest BCUT2D eigenvalue weighted by molar-refractivity contribution is 0.0454. The Hall–Kier alpha value is -1.55. The van der Waals surface area contributed by atoms with Gasteiger partial charge in [-0.05, 0) is 46.8 Å².